The van der Waals surface area contributed by atoms with Crippen molar-refractivity contribution in [2.75, 3.05) is 45.6 Å². The molecule has 2 aliphatic heterocycles. The molecule has 27 heavy (non-hydrogen) atoms. The van der Waals surface area contributed by atoms with Crippen LogP contribution in [0.3, 0.4) is 0 Å². The Morgan fingerprint density at radius 1 is 1.30 bits per heavy atom. The number of guanidine groups is 1. The minimum atomic E-state index is -3.34. The fraction of sp³-hybridized carbons (Fsp3) is 0.611. The van der Waals surface area contributed by atoms with Gasteiger partial charge in [-0.3, -0.25) is 4.99 Å². The van der Waals surface area contributed by atoms with Gasteiger partial charge in [0.1, 0.15) is 0 Å². The van der Waals surface area contributed by atoms with E-state index in [1.54, 1.807) is 7.05 Å². The number of rotatable bonds is 6. The summed E-state index contributed by atoms with van der Waals surface area (Å²) in [5, 5.41) is 3.19. The Morgan fingerprint density at radius 3 is 2.74 bits per heavy atom. The number of benzene rings is 1. The number of nitrogens with one attached hydrogen (secondary N) is 2. The summed E-state index contributed by atoms with van der Waals surface area (Å²) in [6, 6.07) is 9.51. The van der Waals surface area contributed by atoms with Crippen molar-refractivity contribution in [2.24, 2.45) is 10.4 Å². The maximum absolute atomic E-state index is 12.2. The van der Waals surface area contributed by atoms with Crippen LogP contribution in [0.4, 0.5) is 0 Å². The van der Waals surface area contributed by atoms with Crippen molar-refractivity contribution >= 4 is 40.0 Å². The van der Waals surface area contributed by atoms with E-state index in [1.165, 1.54) is 0 Å². The number of sulfonamides is 1. The van der Waals surface area contributed by atoms with Crippen LogP contribution < -0.4 is 10.0 Å². The monoisotopic (exact) mass is 508 g/mol. The third-order valence-corrected chi connectivity index (χ3v) is 6.45. The second kappa shape index (κ2) is 10.0. The van der Waals surface area contributed by atoms with Crippen LogP contribution in [0.5, 0.6) is 0 Å². The molecule has 7 nitrogen and oxygen atoms in total. The fourth-order valence-corrected chi connectivity index (χ4v) is 4.48. The van der Waals surface area contributed by atoms with E-state index >= 15 is 0 Å². The normalized spacial score (nSPS) is 22.9. The highest BCUT2D eigenvalue weighted by molar-refractivity contribution is 14.0. The van der Waals surface area contributed by atoms with E-state index in [9.17, 15) is 8.42 Å². The molecule has 0 radical (unpaired) electrons. The summed E-state index contributed by atoms with van der Waals surface area (Å²) in [5.41, 5.74) is 1.20. The molecule has 2 saturated heterocycles. The fourth-order valence-electron chi connectivity index (χ4n) is 3.58. The van der Waals surface area contributed by atoms with Gasteiger partial charge in [0.15, 0.2) is 5.96 Å². The predicted molar refractivity (Wildman–Crippen MR) is 118 cm³/mol. The average molecular weight is 508 g/mol. The highest BCUT2D eigenvalue weighted by atomic mass is 127. The lowest BCUT2D eigenvalue weighted by atomic mass is 9.87. The van der Waals surface area contributed by atoms with Gasteiger partial charge in [-0.05, 0) is 18.4 Å². The van der Waals surface area contributed by atoms with Gasteiger partial charge in [-0.15, -0.1) is 24.0 Å². The summed E-state index contributed by atoms with van der Waals surface area (Å²) in [7, 11) is -1.60. The Morgan fingerprint density at radius 2 is 2.07 bits per heavy atom. The predicted octanol–water partition coefficient (Wildman–Crippen LogP) is 1.41. The Labute approximate surface area is 179 Å². The zero-order valence-corrected chi connectivity index (χ0v) is 18.8. The summed E-state index contributed by atoms with van der Waals surface area (Å²) in [4.78, 5) is 6.52. The Hall–Kier alpha value is -0.910. The lowest BCUT2D eigenvalue weighted by molar-refractivity contribution is 0.156. The van der Waals surface area contributed by atoms with Crippen LogP contribution in [0.1, 0.15) is 18.4 Å². The van der Waals surface area contributed by atoms with Crippen molar-refractivity contribution in [3.63, 3.8) is 0 Å². The molecule has 0 aliphatic carbocycles. The van der Waals surface area contributed by atoms with Crippen molar-refractivity contribution in [3.05, 3.63) is 35.9 Å². The van der Waals surface area contributed by atoms with Crippen LogP contribution in [0.25, 0.3) is 0 Å². The zero-order chi connectivity index (χ0) is 18.5. The van der Waals surface area contributed by atoms with Crippen LogP contribution in [0.15, 0.2) is 35.3 Å². The van der Waals surface area contributed by atoms with Gasteiger partial charge in [0, 0.05) is 45.2 Å². The second-order valence-corrected chi connectivity index (χ2v) is 9.00. The molecular formula is C18H29IN4O3S. The summed E-state index contributed by atoms with van der Waals surface area (Å²) >= 11 is 0. The molecule has 1 unspecified atom stereocenters. The second-order valence-electron chi connectivity index (χ2n) is 7.07. The number of hydrogen-bond donors (Lipinski definition) is 2. The van der Waals surface area contributed by atoms with Crippen molar-refractivity contribution in [2.45, 2.75) is 19.4 Å². The summed E-state index contributed by atoms with van der Waals surface area (Å²) in [5.74, 6) is 0.785. The van der Waals surface area contributed by atoms with Crippen LogP contribution in [-0.4, -0.2) is 64.9 Å². The highest BCUT2D eigenvalue weighted by Gasteiger charge is 2.42. The molecule has 0 bridgehead atoms. The Bertz CT molecular complexity index is 721. The molecule has 2 heterocycles. The molecule has 9 heteroatoms. The molecule has 2 N–H and O–H groups in total. The van der Waals surface area contributed by atoms with Gasteiger partial charge in [0.25, 0.3) is 0 Å². The maximum atomic E-state index is 12.2. The van der Waals surface area contributed by atoms with Gasteiger partial charge in [-0.1, -0.05) is 30.3 Å². The van der Waals surface area contributed by atoms with Gasteiger partial charge in [-0.2, -0.15) is 0 Å². The van der Waals surface area contributed by atoms with E-state index < -0.39 is 10.0 Å². The van der Waals surface area contributed by atoms with Gasteiger partial charge in [0.05, 0.1) is 12.4 Å². The highest BCUT2D eigenvalue weighted by Crippen LogP contribution is 2.38. The molecular weight excluding hydrogens is 479 g/mol. The van der Waals surface area contributed by atoms with Crippen LogP contribution in [-0.2, 0) is 21.3 Å². The molecule has 3 rings (SSSR count). The SMILES string of the molecule is CN=C(NCCS(=O)(=O)NCc1ccccc1)N1CCC2(CCOC2)C1.I. The van der Waals surface area contributed by atoms with Crippen LogP contribution in [0.2, 0.25) is 0 Å². The van der Waals surface area contributed by atoms with E-state index in [0.29, 0.717) is 13.1 Å². The topological polar surface area (TPSA) is 83.0 Å². The molecule has 1 spiro atoms. The van der Waals surface area contributed by atoms with Crippen molar-refractivity contribution in [1.29, 1.82) is 0 Å². The van der Waals surface area contributed by atoms with E-state index in [-0.39, 0.29) is 35.1 Å². The average Bonchev–Trinajstić information content (AvgIpc) is 3.28. The smallest absolute Gasteiger partial charge is 0.213 e. The first-order valence-electron chi connectivity index (χ1n) is 9.07. The molecule has 152 valence electrons. The number of ether oxygens (including phenoxy) is 1. The number of hydrogen-bond acceptors (Lipinski definition) is 4. The number of nitrogens with zero attached hydrogens (tertiary/aromatic N) is 2. The van der Waals surface area contributed by atoms with E-state index in [4.69, 9.17) is 4.74 Å². The van der Waals surface area contributed by atoms with Crippen molar-refractivity contribution in [3.8, 4) is 0 Å². The zero-order valence-electron chi connectivity index (χ0n) is 15.7. The molecule has 1 atom stereocenters. The van der Waals surface area contributed by atoms with E-state index in [2.05, 4.69) is 19.9 Å². The Kier molecular flexibility index (Phi) is 8.32. The number of halogens is 1. The van der Waals surface area contributed by atoms with Gasteiger partial charge < -0.3 is 15.0 Å². The van der Waals surface area contributed by atoms with E-state index in [0.717, 1.165) is 50.7 Å². The molecule has 1 aromatic rings. The minimum Gasteiger partial charge on any atom is -0.381 e. The third-order valence-electron chi connectivity index (χ3n) is 5.13. The van der Waals surface area contributed by atoms with Crippen LogP contribution >= 0.6 is 24.0 Å². The van der Waals surface area contributed by atoms with Gasteiger partial charge >= 0.3 is 0 Å². The first-order valence-corrected chi connectivity index (χ1v) is 10.7. The standard InChI is InChI=1S/C18H28N4O3S.HI/c1-19-17(22-10-7-18(14-22)8-11-25-15-18)20-9-12-26(23,24)21-13-16-5-3-2-4-6-16;/h2-6,21H,7-15H2,1H3,(H,19,20);1H. The quantitative estimate of drug-likeness (QED) is 0.345. The largest absolute Gasteiger partial charge is 0.381 e. The molecule has 2 fully saturated rings. The molecule has 0 aromatic heterocycles. The summed E-state index contributed by atoms with van der Waals surface area (Å²) in [6.07, 6.45) is 2.20. The first-order chi connectivity index (χ1) is 12.5. The number of likely N-dealkylation sites (tertiary alicyclic amines) is 1. The van der Waals surface area contributed by atoms with Gasteiger partial charge in [0.2, 0.25) is 10.0 Å². The van der Waals surface area contributed by atoms with Crippen molar-refractivity contribution in [1.82, 2.24) is 14.9 Å². The molecule has 0 saturated carbocycles. The summed E-state index contributed by atoms with van der Waals surface area (Å²) in [6.45, 7) is 4.15. The lowest BCUT2D eigenvalue weighted by Gasteiger charge is -2.24. The number of aliphatic imine (C=N–C) groups is 1. The minimum absolute atomic E-state index is 0. The van der Waals surface area contributed by atoms with Crippen molar-refractivity contribution < 1.29 is 13.2 Å². The molecule has 2 aliphatic rings. The summed E-state index contributed by atoms with van der Waals surface area (Å²) < 4.78 is 32.6. The van der Waals surface area contributed by atoms with E-state index in [1.807, 2.05) is 30.3 Å². The molecule has 0 amide bonds. The molecule has 1 aromatic carbocycles. The lowest BCUT2D eigenvalue weighted by Crippen LogP contribution is -2.43. The van der Waals surface area contributed by atoms with Gasteiger partial charge in [-0.25, -0.2) is 13.1 Å². The van der Waals surface area contributed by atoms with Crippen LogP contribution in [0, 0.1) is 5.41 Å². The first kappa shape index (κ1) is 22.4. The maximum Gasteiger partial charge on any atom is 0.213 e. The third kappa shape index (κ3) is 6.30. The Balaban J connectivity index is 0.00000261.